The van der Waals surface area contributed by atoms with Crippen LogP contribution in [0.3, 0.4) is 0 Å². The fraction of sp³-hybridized carbons (Fsp3) is 0.467. The molecule has 110 valence electrons. The van der Waals surface area contributed by atoms with Crippen LogP contribution in [0.15, 0.2) is 24.3 Å². The van der Waals surface area contributed by atoms with Gasteiger partial charge in [0.1, 0.15) is 5.82 Å². The van der Waals surface area contributed by atoms with Crippen molar-refractivity contribution >= 4 is 11.9 Å². The van der Waals surface area contributed by atoms with Gasteiger partial charge in [-0.2, -0.15) is 0 Å². The summed E-state index contributed by atoms with van der Waals surface area (Å²) in [6.07, 6.45) is 0.00566. The molecule has 0 aliphatic carbocycles. The third kappa shape index (κ3) is 5.82. The fourth-order valence-corrected chi connectivity index (χ4v) is 1.92. The summed E-state index contributed by atoms with van der Waals surface area (Å²) < 4.78 is 13.1. The Balaban J connectivity index is 2.69. The number of carboxylic acid groups (broad SMARTS) is 1. The van der Waals surface area contributed by atoms with E-state index in [1.807, 2.05) is 13.8 Å². The topological polar surface area (TPSA) is 57.6 Å². The van der Waals surface area contributed by atoms with Crippen molar-refractivity contribution in [3.05, 3.63) is 35.6 Å². The summed E-state index contributed by atoms with van der Waals surface area (Å²) in [5.74, 6) is -1.24. The normalized spacial score (nSPS) is 10.6. The van der Waals surface area contributed by atoms with E-state index in [9.17, 15) is 14.0 Å². The van der Waals surface area contributed by atoms with Gasteiger partial charge in [-0.3, -0.25) is 9.59 Å². The molecule has 0 fully saturated rings. The Bertz CT molecular complexity index is 474. The van der Waals surface area contributed by atoms with Gasteiger partial charge in [0.2, 0.25) is 5.91 Å². The van der Waals surface area contributed by atoms with Crippen molar-refractivity contribution in [3.63, 3.8) is 0 Å². The van der Waals surface area contributed by atoms with Crippen molar-refractivity contribution in [2.45, 2.75) is 26.7 Å². The Morgan fingerprint density at radius 1 is 1.35 bits per heavy atom. The predicted molar refractivity (Wildman–Crippen MR) is 73.8 cm³/mol. The molecule has 1 aromatic rings. The highest BCUT2D eigenvalue weighted by Crippen LogP contribution is 2.08. The molecular formula is C15H20FNO3. The highest BCUT2D eigenvalue weighted by molar-refractivity contribution is 5.79. The summed E-state index contributed by atoms with van der Waals surface area (Å²) in [6.45, 7) is 4.61. The number of hydrogen-bond acceptors (Lipinski definition) is 2. The fourth-order valence-electron chi connectivity index (χ4n) is 1.92. The zero-order chi connectivity index (χ0) is 15.1. The molecule has 4 nitrogen and oxygen atoms in total. The minimum Gasteiger partial charge on any atom is -0.481 e. The summed E-state index contributed by atoms with van der Waals surface area (Å²) in [6, 6.07) is 5.89. The molecule has 0 spiro atoms. The zero-order valence-electron chi connectivity index (χ0n) is 11.8. The van der Waals surface area contributed by atoms with Gasteiger partial charge in [-0.25, -0.2) is 4.39 Å². The molecular weight excluding hydrogens is 261 g/mol. The van der Waals surface area contributed by atoms with Crippen LogP contribution in [0.2, 0.25) is 0 Å². The zero-order valence-corrected chi connectivity index (χ0v) is 11.8. The number of halogens is 1. The van der Waals surface area contributed by atoms with Gasteiger partial charge in [0.25, 0.3) is 0 Å². The van der Waals surface area contributed by atoms with Crippen LogP contribution < -0.4 is 0 Å². The number of nitrogens with zero attached hydrogens (tertiary/aromatic N) is 1. The van der Waals surface area contributed by atoms with Crippen molar-refractivity contribution in [2.24, 2.45) is 5.92 Å². The highest BCUT2D eigenvalue weighted by Gasteiger charge is 2.16. The van der Waals surface area contributed by atoms with Gasteiger partial charge in [0.15, 0.2) is 0 Å². The van der Waals surface area contributed by atoms with Crippen LogP contribution in [0.5, 0.6) is 0 Å². The second-order valence-corrected chi connectivity index (χ2v) is 5.18. The first-order valence-corrected chi connectivity index (χ1v) is 6.62. The molecule has 0 unspecified atom stereocenters. The molecule has 5 heteroatoms. The Hall–Kier alpha value is -1.91. The van der Waals surface area contributed by atoms with E-state index in [-0.39, 0.29) is 37.0 Å². The van der Waals surface area contributed by atoms with Crippen LogP contribution >= 0.6 is 0 Å². The molecule has 0 atom stereocenters. The maximum atomic E-state index is 13.1. The van der Waals surface area contributed by atoms with E-state index in [0.29, 0.717) is 12.1 Å². The van der Waals surface area contributed by atoms with Gasteiger partial charge in [-0.05, 0) is 23.6 Å². The van der Waals surface area contributed by atoms with E-state index in [1.165, 1.54) is 17.0 Å². The van der Waals surface area contributed by atoms with Crippen LogP contribution in [0.25, 0.3) is 0 Å². The minimum absolute atomic E-state index is 0.0817. The number of carboxylic acids is 1. The Labute approximate surface area is 118 Å². The lowest BCUT2D eigenvalue weighted by molar-refractivity contribution is -0.138. The molecule has 0 heterocycles. The number of rotatable bonds is 7. The number of carbonyl (C=O) groups excluding carboxylic acids is 1. The summed E-state index contributed by atoms with van der Waals surface area (Å²) in [4.78, 5) is 24.3. The smallest absolute Gasteiger partial charge is 0.305 e. The van der Waals surface area contributed by atoms with Gasteiger partial charge in [0, 0.05) is 13.1 Å². The molecule has 0 aliphatic heterocycles. The Morgan fingerprint density at radius 2 is 2.05 bits per heavy atom. The van der Waals surface area contributed by atoms with E-state index in [1.54, 1.807) is 12.1 Å². The number of benzene rings is 1. The third-order valence-electron chi connectivity index (χ3n) is 2.78. The van der Waals surface area contributed by atoms with Crippen LogP contribution in [-0.4, -0.2) is 35.0 Å². The molecule has 20 heavy (non-hydrogen) atoms. The molecule has 0 saturated carbocycles. The molecule has 0 aliphatic rings. The van der Waals surface area contributed by atoms with Crippen LogP contribution in [-0.2, 0) is 16.0 Å². The average Bonchev–Trinajstić information content (AvgIpc) is 2.33. The minimum atomic E-state index is -0.933. The lowest BCUT2D eigenvalue weighted by Gasteiger charge is -2.24. The largest absolute Gasteiger partial charge is 0.481 e. The molecule has 1 aromatic carbocycles. The number of aliphatic carboxylic acids is 1. The van der Waals surface area contributed by atoms with Crippen LogP contribution in [0.4, 0.5) is 4.39 Å². The van der Waals surface area contributed by atoms with Crippen molar-refractivity contribution in [2.75, 3.05) is 13.1 Å². The van der Waals surface area contributed by atoms with E-state index >= 15 is 0 Å². The molecule has 0 radical (unpaired) electrons. The second-order valence-electron chi connectivity index (χ2n) is 5.18. The van der Waals surface area contributed by atoms with E-state index in [4.69, 9.17) is 5.11 Å². The standard InChI is InChI=1S/C15H20FNO3/c1-11(2)10-17(7-6-15(19)20)14(18)9-12-4-3-5-13(16)8-12/h3-5,8,11H,6-7,9-10H2,1-2H3,(H,19,20). The Kier molecular flexibility index (Phi) is 6.15. The van der Waals surface area contributed by atoms with Crippen molar-refractivity contribution in [1.29, 1.82) is 0 Å². The van der Waals surface area contributed by atoms with Gasteiger partial charge in [-0.15, -0.1) is 0 Å². The first kappa shape index (κ1) is 16.1. The Morgan fingerprint density at radius 3 is 2.60 bits per heavy atom. The van der Waals surface area contributed by atoms with E-state index < -0.39 is 5.97 Å². The van der Waals surface area contributed by atoms with E-state index in [0.717, 1.165) is 0 Å². The molecule has 0 aromatic heterocycles. The SMILES string of the molecule is CC(C)CN(CCC(=O)O)C(=O)Cc1cccc(F)c1. The maximum Gasteiger partial charge on any atom is 0.305 e. The predicted octanol–water partition coefficient (Wildman–Crippen LogP) is 2.33. The molecule has 1 rings (SSSR count). The summed E-state index contributed by atoms with van der Waals surface area (Å²) in [7, 11) is 0. The van der Waals surface area contributed by atoms with Crippen molar-refractivity contribution in [1.82, 2.24) is 4.90 Å². The molecule has 0 bridgehead atoms. The van der Waals surface area contributed by atoms with Crippen molar-refractivity contribution < 1.29 is 19.1 Å². The first-order chi connectivity index (χ1) is 9.38. The van der Waals surface area contributed by atoms with Crippen molar-refractivity contribution in [3.8, 4) is 0 Å². The van der Waals surface area contributed by atoms with Gasteiger partial charge in [0.05, 0.1) is 12.8 Å². The maximum absolute atomic E-state index is 13.1. The molecule has 1 N–H and O–H groups in total. The summed E-state index contributed by atoms with van der Waals surface area (Å²) in [5, 5.41) is 8.72. The number of carbonyl (C=O) groups is 2. The monoisotopic (exact) mass is 281 g/mol. The van der Waals surface area contributed by atoms with Crippen LogP contribution in [0, 0.1) is 11.7 Å². The average molecular weight is 281 g/mol. The highest BCUT2D eigenvalue weighted by atomic mass is 19.1. The first-order valence-electron chi connectivity index (χ1n) is 6.62. The van der Waals surface area contributed by atoms with Gasteiger partial charge in [-0.1, -0.05) is 26.0 Å². The van der Waals surface area contributed by atoms with E-state index in [2.05, 4.69) is 0 Å². The summed E-state index contributed by atoms with van der Waals surface area (Å²) in [5.41, 5.74) is 0.596. The lowest BCUT2D eigenvalue weighted by atomic mass is 10.1. The van der Waals surface area contributed by atoms with Gasteiger partial charge >= 0.3 is 5.97 Å². The third-order valence-corrected chi connectivity index (χ3v) is 2.78. The quantitative estimate of drug-likeness (QED) is 0.834. The second kappa shape index (κ2) is 7.62. The number of hydrogen-bond donors (Lipinski definition) is 1. The van der Waals surface area contributed by atoms with Crippen LogP contribution in [0.1, 0.15) is 25.8 Å². The molecule has 1 amide bonds. The summed E-state index contributed by atoms with van der Waals surface area (Å²) >= 11 is 0. The van der Waals surface area contributed by atoms with Gasteiger partial charge < -0.3 is 10.0 Å². The molecule has 0 saturated heterocycles. The number of amides is 1. The lowest BCUT2D eigenvalue weighted by Crippen LogP contribution is -2.37.